The van der Waals surface area contributed by atoms with Gasteiger partial charge in [0.25, 0.3) is 0 Å². The molecule has 98 valence electrons. The van der Waals surface area contributed by atoms with Crippen molar-refractivity contribution < 1.29 is 5.11 Å². The molecule has 1 aromatic rings. The molecule has 1 N–H and O–H groups in total. The van der Waals surface area contributed by atoms with E-state index in [1.165, 1.54) is 11.8 Å². The van der Waals surface area contributed by atoms with Gasteiger partial charge in [-0.15, -0.1) is 0 Å². The summed E-state index contributed by atoms with van der Waals surface area (Å²) < 4.78 is 0.727. The van der Waals surface area contributed by atoms with Gasteiger partial charge in [-0.1, -0.05) is 60.2 Å². The van der Waals surface area contributed by atoms with Gasteiger partial charge >= 0.3 is 0 Å². The minimum atomic E-state index is -1.08. The molecule has 1 heterocycles. The average molecular weight is 322 g/mol. The lowest BCUT2D eigenvalue weighted by Crippen LogP contribution is -2.44. The summed E-state index contributed by atoms with van der Waals surface area (Å²) in [6.45, 7) is 2.78. The number of rotatable bonds is 3. The lowest BCUT2D eigenvalue weighted by atomic mass is 10.0. The Labute approximate surface area is 126 Å². The average Bonchev–Trinajstić information content (AvgIpc) is 2.62. The van der Waals surface area contributed by atoms with Gasteiger partial charge in [-0.25, -0.2) is 0 Å². The van der Waals surface area contributed by atoms with E-state index >= 15 is 0 Å². The normalized spacial score (nSPS) is 23.8. The van der Waals surface area contributed by atoms with Gasteiger partial charge in [0.2, 0.25) is 0 Å². The van der Waals surface area contributed by atoms with Crippen LogP contribution in [0.5, 0.6) is 0 Å². The van der Waals surface area contributed by atoms with Crippen LogP contribution in [0.2, 0.25) is 10.0 Å². The van der Waals surface area contributed by atoms with E-state index in [9.17, 15) is 5.11 Å². The van der Waals surface area contributed by atoms with E-state index in [0.717, 1.165) is 22.8 Å². The number of benzene rings is 1. The summed E-state index contributed by atoms with van der Waals surface area (Å²) in [7, 11) is 0. The fraction of sp³-hybridized carbons (Fsp3) is 0.417. The summed E-state index contributed by atoms with van der Waals surface area (Å²) in [4.78, 5) is 1.85. The molecular formula is C12H13Cl2NOS2. The topological polar surface area (TPSA) is 23.5 Å². The number of thiocarbonyl (C=S) groups is 1. The molecule has 1 aromatic carbocycles. The second-order valence-corrected chi connectivity index (χ2v) is 6.58. The number of halogens is 2. The number of hydrogen-bond acceptors (Lipinski definition) is 3. The molecule has 1 saturated heterocycles. The Morgan fingerprint density at radius 2 is 2.17 bits per heavy atom. The summed E-state index contributed by atoms with van der Waals surface area (Å²) in [5.74, 6) is 0.518. The third-order valence-electron chi connectivity index (χ3n) is 2.89. The van der Waals surface area contributed by atoms with Crippen molar-refractivity contribution in [1.82, 2.24) is 4.90 Å². The predicted molar refractivity (Wildman–Crippen MR) is 82.4 cm³/mol. The Hall–Kier alpha value is -0.000000000000000111. The first-order valence-electron chi connectivity index (χ1n) is 5.61. The van der Waals surface area contributed by atoms with Crippen molar-refractivity contribution in [3.63, 3.8) is 0 Å². The highest BCUT2D eigenvalue weighted by molar-refractivity contribution is 8.23. The van der Waals surface area contributed by atoms with Crippen LogP contribution in [0.3, 0.4) is 0 Å². The van der Waals surface area contributed by atoms with Crippen molar-refractivity contribution >= 4 is 51.5 Å². The van der Waals surface area contributed by atoms with E-state index < -0.39 is 5.72 Å². The second kappa shape index (κ2) is 5.55. The maximum atomic E-state index is 10.9. The molecule has 0 aliphatic carbocycles. The first kappa shape index (κ1) is 14.4. The molecular weight excluding hydrogens is 309 g/mol. The molecule has 0 aromatic heterocycles. The van der Waals surface area contributed by atoms with Crippen LogP contribution in [0.15, 0.2) is 18.2 Å². The molecule has 0 spiro atoms. The van der Waals surface area contributed by atoms with Crippen molar-refractivity contribution in [3.8, 4) is 0 Å². The van der Waals surface area contributed by atoms with Gasteiger partial charge in [-0.05, 0) is 18.6 Å². The number of hydrogen-bond donors (Lipinski definition) is 1. The number of thioether (sulfide) groups is 1. The van der Waals surface area contributed by atoms with Crippen LogP contribution in [0.4, 0.5) is 0 Å². The zero-order valence-electron chi connectivity index (χ0n) is 9.82. The summed E-state index contributed by atoms with van der Waals surface area (Å²) >= 11 is 18.7. The quantitative estimate of drug-likeness (QED) is 0.853. The summed E-state index contributed by atoms with van der Waals surface area (Å²) in [6.07, 6.45) is 0.921. The summed E-state index contributed by atoms with van der Waals surface area (Å²) in [5.41, 5.74) is -0.343. The minimum Gasteiger partial charge on any atom is -0.366 e. The summed E-state index contributed by atoms with van der Waals surface area (Å²) in [6, 6.07) is 5.21. The van der Waals surface area contributed by atoms with Crippen molar-refractivity contribution in [2.24, 2.45) is 0 Å². The molecule has 2 rings (SSSR count). The molecule has 1 aliphatic rings. The van der Waals surface area contributed by atoms with Crippen molar-refractivity contribution in [1.29, 1.82) is 0 Å². The van der Waals surface area contributed by atoms with Gasteiger partial charge in [0.15, 0.2) is 5.72 Å². The van der Waals surface area contributed by atoms with Crippen LogP contribution in [0.25, 0.3) is 0 Å². The van der Waals surface area contributed by atoms with Crippen molar-refractivity contribution in [2.75, 3.05) is 12.3 Å². The zero-order valence-corrected chi connectivity index (χ0v) is 13.0. The SMILES string of the molecule is CCCN1C(=S)SCC1(O)c1ccc(Cl)c(Cl)c1. The molecule has 1 atom stereocenters. The molecule has 1 fully saturated rings. The van der Waals surface area contributed by atoms with E-state index in [1.54, 1.807) is 18.2 Å². The Balaban J connectivity index is 2.40. The van der Waals surface area contributed by atoms with Crippen molar-refractivity contribution in [2.45, 2.75) is 19.1 Å². The predicted octanol–water partition coefficient (Wildman–Crippen LogP) is 3.88. The fourth-order valence-electron chi connectivity index (χ4n) is 1.95. The first-order chi connectivity index (χ1) is 8.49. The number of aliphatic hydroxyl groups is 1. The lowest BCUT2D eigenvalue weighted by Gasteiger charge is -2.34. The summed E-state index contributed by atoms with van der Waals surface area (Å²) in [5, 5.41) is 11.8. The smallest absolute Gasteiger partial charge is 0.175 e. The standard InChI is InChI=1S/C12H13Cl2NOS2/c1-2-5-15-11(17)18-7-12(15,16)8-3-4-9(13)10(14)6-8/h3-4,6,16H,2,5,7H2,1H3. The van der Waals surface area contributed by atoms with Gasteiger partial charge in [-0.3, -0.25) is 0 Å². The van der Waals surface area contributed by atoms with Gasteiger partial charge in [0, 0.05) is 12.1 Å². The monoisotopic (exact) mass is 321 g/mol. The minimum absolute atomic E-state index is 0.446. The maximum absolute atomic E-state index is 10.9. The lowest BCUT2D eigenvalue weighted by molar-refractivity contribution is -0.0464. The molecule has 0 amide bonds. The van der Waals surface area contributed by atoms with Crippen molar-refractivity contribution in [3.05, 3.63) is 33.8 Å². The third kappa shape index (κ3) is 2.49. The van der Waals surface area contributed by atoms with E-state index in [-0.39, 0.29) is 0 Å². The highest BCUT2D eigenvalue weighted by atomic mass is 35.5. The van der Waals surface area contributed by atoms with E-state index in [1.807, 2.05) is 4.90 Å². The third-order valence-corrected chi connectivity index (χ3v) is 5.22. The molecule has 6 heteroatoms. The van der Waals surface area contributed by atoms with Crippen LogP contribution in [0, 0.1) is 0 Å². The fourth-order valence-corrected chi connectivity index (χ4v) is 3.72. The van der Waals surface area contributed by atoms with Gasteiger partial charge < -0.3 is 10.0 Å². The zero-order chi connectivity index (χ0) is 13.3. The maximum Gasteiger partial charge on any atom is 0.175 e. The molecule has 18 heavy (non-hydrogen) atoms. The number of nitrogens with zero attached hydrogens (tertiary/aromatic N) is 1. The van der Waals surface area contributed by atoms with Gasteiger partial charge in [0.1, 0.15) is 4.32 Å². The highest BCUT2D eigenvalue weighted by Gasteiger charge is 2.43. The van der Waals surface area contributed by atoms with Crippen LogP contribution in [-0.4, -0.2) is 26.6 Å². The largest absolute Gasteiger partial charge is 0.366 e. The van der Waals surface area contributed by atoms with Gasteiger partial charge in [0.05, 0.1) is 15.8 Å². The molecule has 1 aliphatic heterocycles. The van der Waals surface area contributed by atoms with Crippen LogP contribution >= 0.6 is 47.2 Å². The van der Waals surface area contributed by atoms with Crippen LogP contribution < -0.4 is 0 Å². The molecule has 0 saturated carbocycles. The van der Waals surface area contributed by atoms with Gasteiger partial charge in [-0.2, -0.15) is 0 Å². The molecule has 0 radical (unpaired) electrons. The Morgan fingerprint density at radius 1 is 1.44 bits per heavy atom. The van der Waals surface area contributed by atoms with Crippen LogP contribution in [-0.2, 0) is 5.72 Å². The van der Waals surface area contributed by atoms with E-state index in [0.29, 0.717) is 15.8 Å². The van der Waals surface area contributed by atoms with Crippen LogP contribution in [0.1, 0.15) is 18.9 Å². The Bertz CT molecular complexity index is 483. The highest BCUT2D eigenvalue weighted by Crippen LogP contribution is 2.40. The van der Waals surface area contributed by atoms with E-state index in [4.69, 9.17) is 35.4 Å². The Kier molecular flexibility index (Phi) is 4.44. The molecule has 2 nitrogen and oxygen atoms in total. The second-order valence-electron chi connectivity index (χ2n) is 4.15. The first-order valence-corrected chi connectivity index (χ1v) is 7.76. The van der Waals surface area contributed by atoms with E-state index in [2.05, 4.69) is 6.92 Å². The Morgan fingerprint density at radius 3 is 2.78 bits per heavy atom. The molecule has 0 bridgehead atoms. The molecule has 1 unspecified atom stereocenters.